The third-order valence-electron chi connectivity index (χ3n) is 3.79. The highest BCUT2D eigenvalue weighted by atomic mass is 32.2. The molecule has 0 saturated heterocycles. The number of nitrogens with zero attached hydrogens (tertiary/aromatic N) is 2. The number of nitrogens with one attached hydrogen (secondary N) is 1. The molecule has 28 heavy (non-hydrogen) atoms. The van der Waals surface area contributed by atoms with Crippen LogP contribution in [-0.2, 0) is 4.79 Å². The van der Waals surface area contributed by atoms with Crippen molar-refractivity contribution >= 4 is 44.9 Å². The minimum absolute atomic E-state index is 0.0321. The van der Waals surface area contributed by atoms with E-state index in [-0.39, 0.29) is 17.4 Å². The molecular formula is C18H16F3N3O2S2. The van der Waals surface area contributed by atoms with Crippen LogP contribution >= 0.6 is 23.1 Å². The van der Waals surface area contributed by atoms with Crippen molar-refractivity contribution in [3.8, 4) is 5.75 Å². The zero-order valence-electron chi connectivity index (χ0n) is 15.0. The standard InChI is InChI=1S/C18H16F3N3O2S2/c1-10-11(2)28-17-15(10)16(22-9-23-17)27-7-14(25)24-12-4-3-5-13(6-12)26-8-18(19,20)21/h3-6,9H,7-8H2,1-2H3,(H,24,25). The molecule has 5 nitrogen and oxygen atoms in total. The Balaban J connectivity index is 1.62. The van der Waals surface area contributed by atoms with Gasteiger partial charge in [-0.1, -0.05) is 17.8 Å². The second kappa shape index (κ2) is 8.36. The summed E-state index contributed by atoms with van der Waals surface area (Å²) in [6.45, 7) is 2.62. The van der Waals surface area contributed by atoms with Crippen molar-refractivity contribution in [1.29, 1.82) is 0 Å². The molecule has 0 radical (unpaired) electrons. The number of rotatable bonds is 6. The monoisotopic (exact) mass is 427 g/mol. The zero-order chi connectivity index (χ0) is 20.3. The van der Waals surface area contributed by atoms with E-state index in [9.17, 15) is 18.0 Å². The molecule has 1 aromatic carbocycles. The number of carbonyl (C=O) groups is 1. The maximum atomic E-state index is 12.2. The number of hydrogen-bond acceptors (Lipinski definition) is 6. The Morgan fingerprint density at radius 2 is 2.07 bits per heavy atom. The zero-order valence-corrected chi connectivity index (χ0v) is 16.6. The first-order valence-electron chi connectivity index (χ1n) is 8.16. The van der Waals surface area contributed by atoms with Gasteiger partial charge < -0.3 is 10.1 Å². The van der Waals surface area contributed by atoms with E-state index in [4.69, 9.17) is 0 Å². The summed E-state index contributed by atoms with van der Waals surface area (Å²) in [5.74, 6) is -0.160. The third-order valence-corrected chi connectivity index (χ3v) is 5.90. The van der Waals surface area contributed by atoms with Crippen molar-refractivity contribution in [3.63, 3.8) is 0 Å². The predicted molar refractivity (Wildman–Crippen MR) is 104 cm³/mol. The van der Waals surface area contributed by atoms with E-state index in [0.717, 1.165) is 25.7 Å². The number of aryl methyl sites for hydroxylation is 2. The fraction of sp³-hybridized carbons (Fsp3) is 0.278. The molecule has 1 amide bonds. The summed E-state index contributed by atoms with van der Waals surface area (Å²) in [6.07, 6.45) is -2.95. The molecule has 2 heterocycles. The van der Waals surface area contributed by atoms with Gasteiger partial charge in [-0.2, -0.15) is 13.2 Å². The van der Waals surface area contributed by atoms with Gasteiger partial charge in [-0.15, -0.1) is 11.3 Å². The number of ether oxygens (including phenoxy) is 1. The van der Waals surface area contributed by atoms with Crippen molar-refractivity contribution in [2.45, 2.75) is 25.0 Å². The van der Waals surface area contributed by atoms with E-state index >= 15 is 0 Å². The van der Waals surface area contributed by atoms with Crippen LogP contribution < -0.4 is 10.1 Å². The van der Waals surface area contributed by atoms with Gasteiger partial charge in [-0.25, -0.2) is 9.97 Å². The van der Waals surface area contributed by atoms with E-state index in [1.165, 1.54) is 36.3 Å². The maximum Gasteiger partial charge on any atom is 0.422 e. The lowest BCUT2D eigenvalue weighted by atomic mass is 10.2. The third kappa shape index (κ3) is 5.14. The molecule has 1 N–H and O–H groups in total. The summed E-state index contributed by atoms with van der Waals surface area (Å²) in [5, 5.41) is 4.33. The smallest absolute Gasteiger partial charge is 0.422 e. The van der Waals surface area contributed by atoms with Crippen molar-refractivity contribution in [2.75, 3.05) is 17.7 Å². The lowest BCUT2D eigenvalue weighted by molar-refractivity contribution is -0.153. The molecule has 0 aliphatic carbocycles. The van der Waals surface area contributed by atoms with Crippen LogP contribution in [0.3, 0.4) is 0 Å². The van der Waals surface area contributed by atoms with Crippen molar-refractivity contribution in [3.05, 3.63) is 41.0 Å². The molecule has 10 heteroatoms. The Labute approximate surface area is 167 Å². The molecule has 0 unspecified atom stereocenters. The lowest BCUT2D eigenvalue weighted by Crippen LogP contribution is -2.19. The van der Waals surface area contributed by atoms with Gasteiger partial charge >= 0.3 is 6.18 Å². The number of benzene rings is 1. The van der Waals surface area contributed by atoms with Crippen LogP contribution in [0.4, 0.5) is 18.9 Å². The van der Waals surface area contributed by atoms with Crippen LogP contribution in [-0.4, -0.2) is 34.4 Å². The van der Waals surface area contributed by atoms with Crippen LogP contribution in [0, 0.1) is 13.8 Å². The number of halogens is 3. The average molecular weight is 427 g/mol. The number of alkyl halides is 3. The second-order valence-corrected chi connectivity index (χ2v) is 8.08. The molecule has 0 fully saturated rings. The molecule has 0 atom stereocenters. The Morgan fingerprint density at radius 3 is 2.82 bits per heavy atom. The van der Waals surface area contributed by atoms with Crippen LogP contribution in [0.1, 0.15) is 10.4 Å². The summed E-state index contributed by atoms with van der Waals surface area (Å²) >= 11 is 2.86. The number of anilines is 1. The summed E-state index contributed by atoms with van der Waals surface area (Å²) in [7, 11) is 0. The van der Waals surface area contributed by atoms with E-state index < -0.39 is 12.8 Å². The molecule has 2 aromatic heterocycles. The van der Waals surface area contributed by atoms with Gasteiger partial charge in [0.25, 0.3) is 0 Å². The molecule has 0 aliphatic heterocycles. The average Bonchev–Trinajstić information content (AvgIpc) is 2.93. The fourth-order valence-electron chi connectivity index (χ4n) is 2.42. The molecule has 148 valence electrons. The molecule has 3 rings (SSSR count). The number of thiophene rings is 1. The number of hydrogen-bond donors (Lipinski definition) is 1. The Kier molecular flexibility index (Phi) is 6.09. The first kappa shape index (κ1) is 20.4. The SMILES string of the molecule is Cc1sc2ncnc(SCC(=O)Nc3cccc(OCC(F)(F)F)c3)c2c1C. The second-order valence-electron chi connectivity index (χ2n) is 5.91. The van der Waals surface area contributed by atoms with E-state index in [2.05, 4.69) is 20.0 Å². The van der Waals surface area contributed by atoms with Gasteiger partial charge in [-0.3, -0.25) is 4.79 Å². The van der Waals surface area contributed by atoms with Crippen LogP contribution in [0.15, 0.2) is 35.6 Å². The maximum absolute atomic E-state index is 12.2. The van der Waals surface area contributed by atoms with Crippen LogP contribution in [0.5, 0.6) is 5.75 Å². The van der Waals surface area contributed by atoms with Crippen LogP contribution in [0.25, 0.3) is 10.2 Å². The first-order chi connectivity index (χ1) is 13.2. The predicted octanol–water partition coefficient (Wildman–Crippen LogP) is 4.98. The fourth-order valence-corrected chi connectivity index (χ4v) is 4.34. The normalized spacial score (nSPS) is 11.6. The van der Waals surface area contributed by atoms with Crippen molar-refractivity contribution in [2.24, 2.45) is 0 Å². The first-order valence-corrected chi connectivity index (χ1v) is 9.96. The lowest BCUT2D eigenvalue weighted by Gasteiger charge is -2.11. The van der Waals surface area contributed by atoms with Gasteiger partial charge in [0.2, 0.25) is 5.91 Å². The highest BCUT2D eigenvalue weighted by Gasteiger charge is 2.28. The molecule has 0 spiro atoms. The summed E-state index contributed by atoms with van der Waals surface area (Å²) in [4.78, 5) is 22.8. The van der Waals surface area contributed by atoms with E-state index in [1.54, 1.807) is 17.4 Å². The molecule has 0 aliphatic rings. The Hall–Kier alpha value is -2.33. The van der Waals surface area contributed by atoms with Gasteiger partial charge in [0, 0.05) is 22.0 Å². The van der Waals surface area contributed by atoms with Crippen molar-refractivity contribution < 1.29 is 22.7 Å². The number of thioether (sulfide) groups is 1. The number of aromatic nitrogens is 2. The van der Waals surface area contributed by atoms with E-state index in [1.807, 2.05) is 13.8 Å². The van der Waals surface area contributed by atoms with Crippen LogP contribution in [0.2, 0.25) is 0 Å². The minimum Gasteiger partial charge on any atom is -0.484 e. The number of amides is 1. The van der Waals surface area contributed by atoms with Gasteiger partial charge in [0.05, 0.1) is 5.75 Å². The molecule has 3 aromatic rings. The highest BCUT2D eigenvalue weighted by Crippen LogP contribution is 2.34. The molecule has 0 saturated carbocycles. The van der Waals surface area contributed by atoms with Gasteiger partial charge in [-0.05, 0) is 31.5 Å². The van der Waals surface area contributed by atoms with Gasteiger partial charge in [0.15, 0.2) is 6.61 Å². The number of fused-ring (bicyclic) bond motifs is 1. The molecule has 0 bridgehead atoms. The van der Waals surface area contributed by atoms with E-state index in [0.29, 0.717) is 5.69 Å². The molecular weight excluding hydrogens is 411 g/mol. The van der Waals surface area contributed by atoms with Crippen molar-refractivity contribution in [1.82, 2.24) is 9.97 Å². The Bertz CT molecular complexity index is 1010. The number of carbonyl (C=O) groups excluding carboxylic acids is 1. The quantitative estimate of drug-likeness (QED) is 0.444. The summed E-state index contributed by atoms with van der Waals surface area (Å²) < 4.78 is 41.4. The summed E-state index contributed by atoms with van der Waals surface area (Å²) in [5.41, 5.74) is 1.46. The largest absolute Gasteiger partial charge is 0.484 e. The Morgan fingerprint density at radius 1 is 1.29 bits per heavy atom. The topological polar surface area (TPSA) is 64.1 Å². The summed E-state index contributed by atoms with van der Waals surface area (Å²) in [6, 6.07) is 5.84. The minimum atomic E-state index is -4.42. The highest BCUT2D eigenvalue weighted by molar-refractivity contribution is 8.00. The van der Waals surface area contributed by atoms with Gasteiger partial charge in [0.1, 0.15) is 21.9 Å².